The van der Waals surface area contributed by atoms with Gasteiger partial charge < -0.3 is 19.3 Å². The molecule has 152 valence electrons. The fraction of sp³-hybridized carbons (Fsp3) is 0.895. The summed E-state index contributed by atoms with van der Waals surface area (Å²) in [5.41, 5.74) is -0.697. The Morgan fingerprint density at radius 3 is 2.63 bits per heavy atom. The van der Waals surface area contributed by atoms with Crippen molar-refractivity contribution in [2.45, 2.75) is 83.3 Å². The van der Waals surface area contributed by atoms with Gasteiger partial charge in [-0.3, -0.25) is 9.59 Å². The molecule has 0 radical (unpaired) electrons. The molecule has 0 aromatic carbocycles. The first-order chi connectivity index (χ1) is 12.7. The van der Waals surface area contributed by atoms with Crippen LogP contribution in [0, 0.1) is 23.7 Å². The summed E-state index contributed by atoms with van der Waals surface area (Å²) in [5, 5.41) is 8.76. The molecule has 4 aliphatic heterocycles. The van der Waals surface area contributed by atoms with Crippen LogP contribution in [0.15, 0.2) is 0 Å². The van der Waals surface area contributed by atoms with Gasteiger partial charge in [-0.2, -0.15) is 0 Å². The average molecular weight is 384 g/mol. The number of fused-ring (bicyclic) bond motifs is 2. The van der Waals surface area contributed by atoms with Crippen molar-refractivity contribution in [2.24, 2.45) is 23.7 Å². The topological polar surface area (TPSA) is 101 Å². The van der Waals surface area contributed by atoms with Crippen LogP contribution in [0.4, 0.5) is 0 Å². The van der Waals surface area contributed by atoms with Crippen molar-refractivity contribution in [1.29, 1.82) is 0 Å². The zero-order valence-electron chi connectivity index (χ0n) is 16.0. The number of hydrogen-bond donors (Lipinski definition) is 1. The Hall–Kier alpha value is -1.22. The second-order valence-corrected chi connectivity index (χ2v) is 8.66. The van der Waals surface area contributed by atoms with Gasteiger partial charge >= 0.3 is 11.9 Å². The molecule has 1 spiro atoms. The number of aliphatic carboxylic acids is 1. The van der Waals surface area contributed by atoms with Crippen LogP contribution >= 0.6 is 0 Å². The van der Waals surface area contributed by atoms with Crippen LogP contribution in [0.3, 0.4) is 0 Å². The smallest absolute Gasteiger partial charge is 0.308 e. The molecule has 2 bridgehead atoms. The molecular weight excluding hydrogens is 356 g/mol. The van der Waals surface area contributed by atoms with Crippen molar-refractivity contribution in [3.63, 3.8) is 0 Å². The molecule has 5 aliphatic rings. The van der Waals surface area contributed by atoms with Gasteiger partial charge in [0, 0.05) is 18.3 Å². The maximum absolute atomic E-state index is 12.1. The first kappa shape index (κ1) is 19.1. The number of carbonyl (C=O) groups is 2. The first-order valence-electron chi connectivity index (χ1n) is 9.86. The molecular formula is C19H28O8. The minimum Gasteiger partial charge on any atom is -0.481 e. The lowest BCUT2D eigenvalue weighted by Gasteiger charge is -2.59. The van der Waals surface area contributed by atoms with E-state index >= 15 is 0 Å². The van der Waals surface area contributed by atoms with E-state index in [-0.39, 0.29) is 30.6 Å². The summed E-state index contributed by atoms with van der Waals surface area (Å²) >= 11 is 0. The van der Waals surface area contributed by atoms with E-state index in [1.54, 1.807) is 0 Å². The minimum absolute atomic E-state index is 0.0670. The number of hydrogen-bond acceptors (Lipinski definition) is 7. The van der Waals surface area contributed by atoms with Gasteiger partial charge in [-0.25, -0.2) is 9.78 Å². The molecule has 0 aromatic rings. The van der Waals surface area contributed by atoms with Crippen LogP contribution in [0.2, 0.25) is 0 Å². The van der Waals surface area contributed by atoms with Gasteiger partial charge in [-0.15, -0.1) is 0 Å². The van der Waals surface area contributed by atoms with Gasteiger partial charge in [0.05, 0.1) is 12.8 Å². The highest BCUT2D eigenvalue weighted by atomic mass is 17.3. The molecule has 5 rings (SSSR count). The van der Waals surface area contributed by atoms with Crippen molar-refractivity contribution >= 4 is 11.9 Å². The van der Waals surface area contributed by atoms with Gasteiger partial charge in [-0.05, 0) is 38.0 Å². The number of ether oxygens (including phenoxy) is 3. The summed E-state index contributed by atoms with van der Waals surface area (Å²) in [5.74, 6) is -1.82. The second kappa shape index (κ2) is 6.69. The van der Waals surface area contributed by atoms with Crippen molar-refractivity contribution in [3.05, 3.63) is 0 Å². The highest BCUT2D eigenvalue weighted by molar-refractivity contribution is 5.76. The lowest BCUT2D eigenvalue weighted by molar-refractivity contribution is -0.576. The molecule has 1 saturated carbocycles. The Bertz CT molecular complexity index is 623. The summed E-state index contributed by atoms with van der Waals surface area (Å²) in [6.07, 6.45) is 1.72. The number of carbonyl (C=O) groups excluding carboxylic acids is 1. The van der Waals surface area contributed by atoms with Crippen LogP contribution in [0.5, 0.6) is 0 Å². The Morgan fingerprint density at radius 2 is 1.89 bits per heavy atom. The number of carboxylic acids is 1. The molecule has 8 nitrogen and oxygen atoms in total. The van der Waals surface area contributed by atoms with Crippen molar-refractivity contribution in [1.82, 2.24) is 0 Å². The fourth-order valence-electron chi connectivity index (χ4n) is 5.40. The lowest BCUT2D eigenvalue weighted by Crippen LogP contribution is -2.70. The summed E-state index contributed by atoms with van der Waals surface area (Å²) in [6.45, 7) is 6.06. The highest BCUT2D eigenvalue weighted by Crippen LogP contribution is 2.60. The third-order valence-corrected chi connectivity index (χ3v) is 6.89. The molecule has 1 N–H and O–H groups in total. The lowest BCUT2D eigenvalue weighted by atomic mass is 9.58. The molecule has 27 heavy (non-hydrogen) atoms. The molecule has 8 atom stereocenters. The predicted octanol–water partition coefficient (Wildman–Crippen LogP) is 2.60. The van der Waals surface area contributed by atoms with Crippen molar-refractivity contribution in [2.75, 3.05) is 0 Å². The Balaban J connectivity index is 1.58. The molecule has 4 saturated heterocycles. The maximum Gasteiger partial charge on any atom is 0.308 e. The van der Waals surface area contributed by atoms with Gasteiger partial charge in [0.15, 0.2) is 11.9 Å². The van der Waals surface area contributed by atoms with E-state index in [1.807, 2.05) is 13.8 Å². The van der Waals surface area contributed by atoms with Gasteiger partial charge in [-0.1, -0.05) is 13.8 Å². The largest absolute Gasteiger partial charge is 0.481 e. The Labute approximate surface area is 158 Å². The highest BCUT2D eigenvalue weighted by Gasteiger charge is 2.69. The van der Waals surface area contributed by atoms with Crippen molar-refractivity contribution in [3.8, 4) is 0 Å². The van der Waals surface area contributed by atoms with E-state index in [4.69, 9.17) is 29.1 Å². The van der Waals surface area contributed by atoms with E-state index in [9.17, 15) is 9.59 Å². The molecule has 0 unspecified atom stereocenters. The van der Waals surface area contributed by atoms with E-state index in [0.29, 0.717) is 12.3 Å². The monoisotopic (exact) mass is 384 g/mol. The van der Waals surface area contributed by atoms with E-state index in [0.717, 1.165) is 19.3 Å². The van der Waals surface area contributed by atoms with Gasteiger partial charge in [0.2, 0.25) is 12.1 Å². The first-order valence-corrected chi connectivity index (χ1v) is 9.86. The molecule has 5 fully saturated rings. The van der Waals surface area contributed by atoms with Crippen LogP contribution < -0.4 is 0 Å². The third-order valence-electron chi connectivity index (χ3n) is 6.89. The van der Waals surface area contributed by atoms with Crippen LogP contribution in [0.1, 0.15) is 59.3 Å². The Morgan fingerprint density at radius 1 is 1.11 bits per heavy atom. The minimum atomic E-state index is -1.03. The van der Waals surface area contributed by atoms with Crippen LogP contribution in [0.25, 0.3) is 0 Å². The van der Waals surface area contributed by atoms with Gasteiger partial charge in [0.1, 0.15) is 0 Å². The van der Waals surface area contributed by atoms with Crippen LogP contribution in [-0.4, -0.2) is 41.0 Å². The number of esters is 1. The van der Waals surface area contributed by atoms with Crippen molar-refractivity contribution < 1.29 is 38.7 Å². The quantitative estimate of drug-likeness (QED) is 0.583. The number of carboxylic acid groups (broad SMARTS) is 1. The summed E-state index contributed by atoms with van der Waals surface area (Å²) < 4.78 is 17.8. The second-order valence-electron chi connectivity index (χ2n) is 8.66. The Kier molecular flexibility index (Phi) is 4.73. The zero-order chi connectivity index (χ0) is 19.4. The SMILES string of the molecule is C[C@@H]1[C@H](OC(=O)CCC(=O)O)O[C@H]2O[C@]3(C)CC[C@@H]4[C@@H](C)CC[C@H]1[C@]24OO3. The van der Waals surface area contributed by atoms with Gasteiger partial charge in [0.25, 0.3) is 0 Å². The molecule has 0 amide bonds. The summed E-state index contributed by atoms with van der Waals surface area (Å²) in [6, 6.07) is 0. The fourth-order valence-corrected chi connectivity index (χ4v) is 5.40. The van der Waals surface area contributed by atoms with E-state index < -0.39 is 35.9 Å². The zero-order valence-corrected chi connectivity index (χ0v) is 16.0. The third kappa shape index (κ3) is 3.06. The standard InChI is InChI=1S/C19H28O8/c1-10-4-5-13-11(2)16(23-15(22)7-6-14(20)21)24-17-19(13)12(10)8-9-18(3,25-17)26-27-19/h10-13,16-17H,4-9H2,1-3H3,(H,20,21)/t10-,11-,12+,13+,16+,17-,18-,19-/m0/s1. The average Bonchev–Trinajstić information content (AvgIpc) is 2.84. The van der Waals surface area contributed by atoms with E-state index in [1.165, 1.54) is 0 Å². The van der Waals surface area contributed by atoms with Crippen LogP contribution in [-0.2, 0) is 33.6 Å². The molecule has 4 heterocycles. The predicted molar refractivity (Wildman–Crippen MR) is 89.8 cm³/mol. The normalized spacial score (nSPS) is 48.4. The molecule has 8 heteroatoms. The maximum atomic E-state index is 12.1. The summed E-state index contributed by atoms with van der Waals surface area (Å²) in [7, 11) is 0. The molecule has 1 aliphatic carbocycles. The number of rotatable bonds is 4. The van der Waals surface area contributed by atoms with E-state index in [2.05, 4.69) is 6.92 Å². The molecule has 0 aromatic heterocycles. The summed E-state index contributed by atoms with van der Waals surface area (Å²) in [4.78, 5) is 34.5.